The van der Waals surface area contributed by atoms with Gasteiger partial charge in [-0.15, -0.1) is 11.3 Å². The van der Waals surface area contributed by atoms with Crippen molar-refractivity contribution in [2.45, 2.75) is 47.6 Å². The van der Waals surface area contributed by atoms with Gasteiger partial charge in [0.15, 0.2) is 4.80 Å². The van der Waals surface area contributed by atoms with Crippen LogP contribution in [-0.2, 0) is 9.53 Å². The largest absolute Gasteiger partial charge is 0.463 e. The van der Waals surface area contributed by atoms with Gasteiger partial charge >= 0.3 is 5.97 Å². The van der Waals surface area contributed by atoms with Gasteiger partial charge in [-0.05, 0) is 82.5 Å². The fraction of sp³-hybridized carbons (Fsp3) is 0.267. The van der Waals surface area contributed by atoms with Gasteiger partial charge in [0.05, 0.1) is 34.0 Å². The maximum atomic E-state index is 13.9. The van der Waals surface area contributed by atoms with Crippen LogP contribution < -0.4 is 14.9 Å². The third kappa shape index (κ3) is 4.45. The maximum Gasteiger partial charge on any atom is 0.338 e. The van der Waals surface area contributed by atoms with Crippen LogP contribution in [0.3, 0.4) is 0 Å². The average molecular weight is 575 g/mol. The molecule has 0 saturated heterocycles. The molecule has 5 rings (SSSR count). The van der Waals surface area contributed by atoms with Gasteiger partial charge in [0, 0.05) is 16.3 Å². The van der Waals surface area contributed by atoms with Crippen molar-refractivity contribution < 1.29 is 13.9 Å². The number of aryl methyl sites for hydroxylation is 2. The third-order valence-electron chi connectivity index (χ3n) is 7.14. The summed E-state index contributed by atoms with van der Waals surface area (Å²) in [5, 5.41) is 10.7. The van der Waals surface area contributed by atoms with E-state index in [1.807, 2.05) is 39.8 Å². The summed E-state index contributed by atoms with van der Waals surface area (Å²) in [6.45, 7) is 11.5. The first-order chi connectivity index (χ1) is 19.1. The number of hydrogen-bond donors (Lipinski definition) is 0. The minimum atomic E-state index is -0.805. The monoisotopic (exact) mass is 574 g/mol. The Kier molecular flexibility index (Phi) is 7.21. The van der Waals surface area contributed by atoms with E-state index in [0.29, 0.717) is 26.2 Å². The van der Waals surface area contributed by atoms with Crippen LogP contribution >= 0.6 is 22.7 Å². The van der Waals surface area contributed by atoms with Gasteiger partial charge in [-0.1, -0.05) is 23.5 Å². The minimum Gasteiger partial charge on any atom is -0.463 e. The highest BCUT2D eigenvalue weighted by atomic mass is 32.1. The predicted molar refractivity (Wildman–Crippen MR) is 154 cm³/mol. The van der Waals surface area contributed by atoms with Crippen molar-refractivity contribution in [1.82, 2.24) is 9.13 Å². The Hall–Kier alpha value is -4.07. The molecule has 0 radical (unpaired) electrons. The van der Waals surface area contributed by atoms with Gasteiger partial charge < -0.3 is 9.30 Å². The van der Waals surface area contributed by atoms with Gasteiger partial charge in [0.2, 0.25) is 0 Å². The molecule has 3 aromatic heterocycles. The first-order valence-electron chi connectivity index (χ1n) is 12.7. The summed E-state index contributed by atoms with van der Waals surface area (Å²) in [5.74, 6) is -0.980. The molecular weight excluding hydrogens is 547 g/mol. The van der Waals surface area contributed by atoms with Crippen LogP contribution in [0.5, 0.6) is 0 Å². The molecule has 0 bridgehead atoms. The molecule has 0 unspecified atom stereocenters. The molecule has 1 aliphatic heterocycles. The Bertz CT molecular complexity index is 1930. The molecule has 0 spiro atoms. The lowest BCUT2D eigenvalue weighted by molar-refractivity contribution is -0.139. The molecule has 204 valence electrons. The summed E-state index contributed by atoms with van der Waals surface area (Å²) < 4.78 is 23.1. The standard InChI is InChI=1S/C30H27FN4O3S2/c1-7-38-29(37)25-17(4)33-30-35(26(25)20-8-10-22(31)11-9-20)27(36)24(40-30)13-21-12-15(2)34(18(21)5)28-23(14-32)16(3)19(6)39-28/h8-13,26H,7H2,1-6H3/b24-13+/t26-/m0/s1. The van der Waals surface area contributed by atoms with E-state index in [2.05, 4.69) is 15.6 Å². The average Bonchev–Trinajstić information content (AvgIpc) is 3.48. The zero-order valence-electron chi connectivity index (χ0n) is 23.0. The number of aromatic nitrogens is 2. The second-order valence-corrected chi connectivity index (χ2v) is 11.8. The Morgan fingerprint density at radius 1 is 1.18 bits per heavy atom. The van der Waals surface area contributed by atoms with Crippen LogP contribution in [0.25, 0.3) is 11.1 Å². The van der Waals surface area contributed by atoms with E-state index in [0.717, 1.165) is 32.4 Å². The third-order valence-corrected chi connectivity index (χ3v) is 9.32. The molecular formula is C30H27FN4O3S2. The highest BCUT2D eigenvalue weighted by molar-refractivity contribution is 7.15. The smallest absolute Gasteiger partial charge is 0.338 e. The molecule has 0 fully saturated rings. The molecule has 0 amide bonds. The number of esters is 1. The van der Waals surface area contributed by atoms with Gasteiger partial charge in [0.1, 0.15) is 16.9 Å². The molecule has 10 heteroatoms. The SMILES string of the molecule is CCOC(=O)C1=C(C)N=c2s/c(=C/c3cc(C)n(-c4sc(C)c(C)c4C#N)c3C)c(=O)n2[C@H]1c1ccc(F)cc1. The van der Waals surface area contributed by atoms with Crippen molar-refractivity contribution in [2.24, 2.45) is 4.99 Å². The summed E-state index contributed by atoms with van der Waals surface area (Å²) in [4.78, 5) is 33.1. The quantitative estimate of drug-likeness (QED) is 0.318. The van der Waals surface area contributed by atoms with Crippen molar-refractivity contribution >= 4 is 34.7 Å². The maximum absolute atomic E-state index is 13.9. The normalized spacial score (nSPS) is 15.2. The Labute approximate surface area is 238 Å². The van der Waals surface area contributed by atoms with E-state index < -0.39 is 17.8 Å². The highest BCUT2D eigenvalue weighted by Crippen LogP contribution is 2.34. The number of thiazole rings is 1. The molecule has 40 heavy (non-hydrogen) atoms. The van der Waals surface area contributed by atoms with Crippen LogP contribution in [0.2, 0.25) is 0 Å². The Morgan fingerprint density at radius 2 is 1.88 bits per heavy atom. The van der Waals surface area contributed by atoms with Gasteiger partial charge in [-0.25, -0.2) is 14.2 Å². The number of halogens is 1. The van der Waals surface area contributed by atoms with Crippen LogP contribution in [0.4, 0.5) is 4.39 Å². The number of ether oxygens (including phenoxy) is 1. The molecule has 0 aliphatic carbocycles. The Morgan fingerprint density at radius 3 is 2.52 bits per heavy atom. The van der Waals surface area contributed by atoms with Crippen LogP contribution in [0, 0.1) is 44.8 Å². The number of thiophene rings is 1. The van der Waals surface area contributed by atoms with Crippen LogP contribution in [0.15, 0.2) is 51.4 Å². The van der Waals surface area contributed by atoms with E-state index >= 15 is 0 Å². The number of carbonyl (C=O) groups is 1. The molecule has 1 aliphatic rings. The fourth-order valence-electron chi connectivity index (χ4n) is 5.04. The van der Waals surface area contributed by atoms with Crippen molar-refractivity contribution in [3.63, 3.8) is 0 Å². The number of carbonyl (C=O) groups excluding carboxylic acids is 1. The number of rotatable bonds is 5. The summed E-state index contributed by atoms with van der Waals surface area (Å²) in [6, 6.07) is 9.28. The van der Waals surface area contributed by atoms with Gasteiger partial charge in [-0.2, -0.15) is 5.26 Å². The lowest BCUT2D eigenvalue weighted by Gasteiger charge is -2.24. The van der Waals surface area contributed by atoms with E-state index in [9.17, 15) is 19.2 Å². The van der Waals surface area contributed by atoms with Gasteiger partial charge in [0.25, 0.3) is 5.56 Å². The topological polar surface area (TPSA) is 89.4 Å². The number of allylic oxidation sites excluding steroid dienone is 1. The number of fused-ring (bicyclic) bond motifs is 1. The number of hydrogen-bond acceptors (Lipinski definition) is 7. The zero-order valence-corrected chi connectivity index (χ0v) is 24.6. The highest BCUT2D eigenvalue weighted by Gasteiger charge is 2.33. The second kappa shape index (κ2) is 10.5. The lowest BCUT2D eigenvalue weighted by Crippen LogP contribution is -2.39. The first-order valence-corrected chi connectivity index (χ1v) is 14.3. The molecule has 1 atom stereocenters. The number of nitrogens with zero attached hydrogens (tertiary/aromatic N) is 4. The summed E-state index contributed by atoms with van der Waals surface area (Å²) in [7, 11) is 0. The molecule has 0 saturated carbocycles. The van der Waals surface area contributed by atoms with Crippen molar-refractivity contribution in [2.75, 3.05) is 6.61 Å². The molecule has 7 nitrogen and oxygen atoms in total. The van der Waals surface area contributed by atoms with Crippen LogP contribution in [0.1, 0.15) is 58.4 Å². The lowest BCUT2D eigenvalue weighted by atomic mass is 9.96. The number of benzene rings is 1. The Balaban J connectivity index is 1.70. The predicted octanol–water partition coefficient (Wildman–Crippen LogP) is 4.89. The minimum absolute atomic E-state index is 0.169. The van der Waals surface area contributed by atoms with Crippen LogP contribution in [-0.4, -0.2) is 21.7 Å². The summed E-state index contributed by atoms with van der Waals surface area (Å²) >= 11 is 2.80. The molecule has 4 heterocycles. The summed E-state index contributed by atoms with van der Waals surface area (Å²) in [6.07, 6.45) is 1.83. The fourth-order valence-corrected chi connectivity index (χ4v) is 7.29. The van der Waals surface area contributed by atoms with E-state index in [1.54, 1.807) is 37.3 Å². The van der Waals surface area contributed by atoms with Crippen molar-refractivity contribution in [1.29, 1.82) is 5.26 Å². The van der Waals surface area contributed by atoms with E-state index in [4.69, 9.17) is 4.74 Å². The second-order valence-electron chi connectivity index (χ2n) is 9.59. The van der Waals surface area contributed by atoms with E-state index in [-0.39, 0.29) is 17.7 Å². The first kappa shape index (κ1) is 27.5. The molecule has 1 aromatic carbocycles. The summed E-state index contributed by atoms with van der Waals surface area (Å²) in [5.41, 5.74) is 5.28. The van der Waals surface area contributed by atoms with Gasteiger partial charge in [-0.3, -0.25) is 9.36 Å². The zero-order chi connectivity index (χ0) is 28.9. The number of nitriles is 1. The molecule has 0 N–H and O–H groups in total. The van der Waals surface area contributed by atoms with Crippen molar-refractivity contribution in [3.05, 3.63) is 106 Å². The van der Waals surface area contributed by atoms with Crippen molar-refractivity contribution in [3.8, 4) is 11.1 Å². The molecule has 4 aromatic rings. The van der Waals surface area contributed by atoms with E-state index in [1.165, 1.54) is 28.0 Å².